The number of nitrogens with zero attached hydrogens (tertiary/aromatic N) is 2. The van der Waals surface area contributed by atoms with Gasteiger partial charge in [-0.25, -0.2) is 9.78 Å². The van der Waals surface area contributed by atoms with Gasteiger partial charge in [-0.15, -0.1) is 6.42 Å². The zero-order valence-electron chi connectivity index (χ0n) is 14.8. The van der Waals surface area contributed by atoms with Crippen molar-refractivity contribution >= 4 is 33.9 Å². The highest BCUT2D eigenvalue weighted by molar-refractivity contribution is 5.98. The van der Waals surface area contributed by atoms with Gasteiger partial charge in [0.25, 0.3) is 0 Å². The van der Waals surface area contributed by atoms with E-state index >= 15 is 0 Å². The quantitative estimate of drug-likeness (QED) is 0.436. The molecule has 0 spiro atoms. The van der Waals surface area contributed by atoms with Crippen LogP contribution in [0.25, 0.3) is 16.6 Å². The Morgan fingerprint density at radius 3 is 2.81 bits per heavy atom. The third kappa shape index (κ3) is 3.09. The summed E-state index contributed by atoms with van der Waals surface area (Å²) in [6.07, 6.45) is 7.37. The molecule has 0 bridgehead atoms. The summed E-state index contributed by atoms with van der Waals surface area (Å²) < 4.78 is 7.10. The van der Waals surface area contributed by atoms with Gasteiger partial charge in [0, 0.05) is 23.1 Å². The van der Waals surface area contributed by atoms with E-state index in [9.17, 15) is 4.79 Å². The fraction of sp³-hybridized carbons (Fsp3) is 0.0909. The van der Waals surface area contributed by atoms with Crippen LogP contribution < -0.4 is 5.32 Å². The van der Waals surface area contributed by atoms with Gasteiger partial charge in [0.15, 0.2) is 5.69 Å². The molecule has 5 nitrogen and oxygen atoms in total. The van der Waals surface area contributed by atoms with Crippen LogP contribution >= 0.6 is 0 Å². The van der Waals surface area contributed by atoms with Gasteiger partial charge < -0.3 is 14.5 Å². The minimum Gasteiger partial charge on any atom is -0.461 e. The lowest BCUT2D eigenvalue weighted by Gasteiger charge is -2.11. The number of aromatic nitrogens is 2. The Kier molecular flexibility index (Phi) is 4.23. The molecule has 0 fully saturated rings. The molecule has 4 aromatic rings. The van der Waals surface area contributed by atoms with Gasteiger partial charge in [0.05, 0.1) is 23.2 Å². The molecular weight excluding hydrogens is 338 g/mol. The van der Waals surface area contributed by atoms with Crippen molar-refractivity contribution in [1.82, 2.24) is 9.38 Å². The molecule has 5 heteroatoms. The topological polar surface area (TPSA) is 55.6 Å². The number of benzene rings is 2. The Bertz CT molecular complexity index is 1200. The third-order valence-corrected chi connectivity index (χ3v) is 4.25. The molecule has 0 aliphatic rings. The largest absolute Gasteiger partial charge is 0.461 e. The van der Waals surface area contributed by atoms with Crippen molar-refractivity contribution in [2.45, 2.75) is 6.92 Å². The van der Waals surface area contributed by atoms with E-state index in [0.717, 1.165) is 28.0 Å². The summed E-state index contributed by atoms with van der Waals surface area (Å²) in [5.74, 6) is 2.20. The van der Waals surface area contributed by atoms with Gasteiger partial charge >= 0.3 is 5.97 Å². The molecule has 2 heterocycles. The molecule has 0 atom stereocenters. The number of anilines is 2. The Hall–Kier alpha value is -3.78. The van der Waals surface area contributed by atoms with Gasteiger partial charge in [0.1, 0.15) is 0 Å². The van der Waals surface area contributed by atoms with E-state index in [2.05, 4.69) is 16.2 Å². The highest BCUT2D eigenvalue weighted by Crippen LogP contribution is 2.25. The summed E-state index contributed by atoms with van der Waals surface area (Å²) >= 11 is 0. The maximum Gasteiger partial charge on any atom is 0.359 e. The van der Waals surface area contributed by atoms with Crippen LogP contribution in [0.15, 0.2) is 60.8 Å². The lowest BCUT2D eigenvalue weighted by Crippen LogP contribution is -2.09. The number of carbonyl (C=O) groups excluding carboxylic acids is 1. The summed E-state index contributed by atoms with van der Waals surface area (Å²) in [6.45, 7) is 2.08. The first kappa shape index (κ1) is 16.7. The van der Waals surface area contributed by atoms with Crippen molar-refractivity contribution in [3.8, 4) is 12.3 Å². The second-order valence-corrected chi connectivity index (χ2v) is 6.00. The molecule has 0 aliphatic heterocycles. The van der Waals surface area contributed by atoms with Crippen LogP contribution in [0, 0.1) is 12.3 Å². The van der Waals surface area contributed by atoms with Crippen molar-refractivity contribution in [2.24, 2.45) is 0 Å². The van der Waals surface area contributed by atoms with Crippen LogP contribution in [-0.2, 0) is 4.74 Å². The molecule has 0 aliphatic carbocycles. The predicted molar refractivity (Wildman–Crippen MR) is 106 cm³/mol. The van der Waals surface area contributed by atoms with Crippen molar-refractivity contribution < 1.29 is 9.53 Å². The Morgan fingerprint density at radius 2 is 2.00 bits per heavy atom. The molecule has 132 valence electrons. The van der Waals surface area contributed by atoms with E-state index < -0.39 is 5.97 Å². The van der Waals surface area contributed by atoms with Crippen LogP contribution in [-0.4, -0.2) is 22.0 Å². The molecule has 27 heavy (non-hydrogen) atoms. The minimum absolute atomic E-state index is 0.304. The van der Waals surface area contributed by atoms with Crippen molar-refractivity contribution in [3.05, 3.63) is 72.1 Å². The molecule has 0 unspecified atom stereocenters. The van der Waals surface area contributed by atoms with E-state index in [4.69, 9.17) is 11.2 Å². The van der Waals surface area contributed by atoms with E-state index in [-0.39, 0.29) is 0 Å². The van der Waals surface area contributed by atoms with Crippen LogP contribution in [0.1, 0.15) is 23.0 Å². The lowest BCUT2D eigenvalue weighted by molar-refractivity contribution is 0.0522. The number of nitrogens with one attached hydrogen (secondary N) is 1. The monoisotopic (exact) mass is 355 g/mol. The molecule has 1 N–H and O–H groups in total. The average Bonchev–Trinajstić information content (AvgIpc) is 3.17. The first-order chi connectivity index (χ1) is 13.2. The molecule has 2 aromatic carbocycles. The zero-order valence-corrected chi connectivity index (χ0v) is 14.8. The van der Waals surface area contributed by atoms with Crippen molar-refractivity contribution in [3.63, 3.8) is 0 Å². The molecule has 0 saturated heterocycles. The summed E-state index contributed by atoms with van der Waals surface area (Å²) in [5.41, 5.74) is 5.18. The van der Waals surface area contributed by atoms with Crippen molar-refractivity contribution in [2.75, 3.05) is 11.9 Å². The van der Waals surface area contributed by atoms with Gasteiger partial charge in [-0.3, -0.25) is 0 Å². The SMILES string of the molecule is C#Cc1cccc(Nc2ccc3c(c2)nc(C(=O)OCC)c2cccn23)c1. The standard InChI is InChI=1S/C22H17N3O2/c1-3-15-7-5-8-16(13-15)23-17-10-11-19-18(14-17)24-21(22(26)27-4-2)20-9-6-12-25(19)20/h1,5-14,23H,4H2,2H3. The number of carbonyl (C=O) groups is 1. The molecule has 2 aromatic heterocycles. The Labute approximate surface area is 156 Å². The number of fused-ring (bicyclic) bond motifs is 3. The number of rotatable bonds is 4. The van der Waals surface area contributed by atoms with Gasteiger partial charge in [-0.1, -0.05) is 12.0 Å². The van der Waals surface area contributed by atoms with Gasteiger partial charge in [-0.05, 0) is 55.5 Å². The van der Waals surface area contributed by atoms with Crippen LogP contribution in [0.4, 0.5) is 11.4 Å². The Morgan fingerprint density at radius 1 is 1.15 bits per heavy atom. The summed E-state index contributed by atoms with van der Waals surface area (Å²) in [7, 11) is 0. The number of hydrogen-bond acceptors (Lipinski definition) is 4. The van der Waals surface area contributed by atoms with Gasteiger partial charge in [-0.2, -0.15) is 0 Å². The van der Waals surface area contributed by atoms with E-state index in [1.165, 1.54) is 0 Å². The number of terminal acetylenes is 1. The van der Waals surface area contributed by atoms with Gasteiger partial charge in [0.2, 0.25) is 0 Å². The predicted octanol–water partition coefficient (Wildman–Crippen LogP) is 4.39. The molecule has 0 amide bonds. The number of esters is 1. The van der Waals surface area contributed by atoms with Crippen molar-refractivity contribution in [1.29, 1.82) is 0 Å². The number of hydrogen-bond donors (Lipinski definition) is 1. The maximum atomic E-state index is 12.3. The highest BCUT2D eigenvalue weighted by Gasteiger charge is 2.16. The zero-order chi connectivity index (χ0) is 18.8. The third-order valence-electron chi connectivity index (χ3n) is 4.25. The molecular formula is C22H17N3O2. The fourth-order valence-corrected chi connectivity index (χ4v) is 3.06. The second-order valence-electron chi connectivity index (χ2n) is 6.00. The Balaban J connectivity index is 1.80. The molecule has 4 rings (SSSR count). The van der Waals surface area contributed by atoms with Crippen LogP contribution in [0.2, 0.25) is 0 Å². The van der Waals surface area contributed by atoms with E-state index in [1.54, 1.807) is 6.92 Å². The summed E-state index contributed by atoms with van der Waals surface area (Å²) in [5, 5.41) is 3.33. The smallest absolute Gasteiger partial charge is 0.359 e. The number of ether oxygens (including phenoxy) is 1. The first-order valence-corrected chi connectivity index (χ1v) is 8.61. The summed E-state index contributed by atoms with van der Waals surface area (Å²) in [4.78, 5) is 16.9. The first-order valence-electron chi connectivity index (χ1n) is 8.61. The summed E-state index contributed by atoms with van der Waals surface area (Å²) in [6, 6.07) is 17.2. The minimum atomic E-state index is -0.428. The van der Waals surface area contributed by atoms with Crippen LogP contribution in [0.3, 0.4) is 0 Å². The fourth-order valence-electron chi connectivity index (χ4n) is 3.06. The highest BCUT2D eigenvalue weighted by atomic mass is 16.5. The van der Waals surface area contributed by atoms with E-state index in [1.807, 2.05) is 65.2 Å². The normalized spacial score (nSPS) is 10.7. The average molecular weight is 355 g/mol. The molecule has 0 saturated carbocycles. The van der Waals surface area contributed by atoms with Crippen LogP contribution in [0.5, 0.6) is 0 Å². The van der Waals surface area contributed by atoms with E-state index in [0.29, 0.717) is 17.8 Å². The second kappa shape index (κ2) is 6.85. The lowest BCUT2D eigenvalue weighted by atomic mass is 10.2. The maximum absolute atomic E-state index is 12.3. The molecule has 0 radical (unpaired) electrons.